The summed E-state index contributed by atoms with van der Waals surface area (Å²) in [6.45, 7) is 10.2. The Morgan fingerprint density at radius 3 is 2.05 bits per heavy atom. The molecule has 0 saturated carbocycles. The van der Waals surface area contributed by atoms with Gasteiger partial charge in [0.1, 0.15) is 16.8 Å². The lowest BCUT2D eigenvalue weighted by atomic mass is 10.0. The minimum Gasteiger partial charge on any atom is -0.329 e. The second kappa shape index (κ2) is 5.41. The van der Waals surface area contributed by atoms with Crippen molar-refractivity contribution >= 4 is 23.1 Å². The third-order valence-electron chi connectivity index (χ3n) is 3.46. The highest BCUT2D eigenvalue weighted by Gasteiger charge is 2.16. The summed E-state index contributed by atoms with van der Waals surface area (Å²) in [6, 6.07) is 4.37. The van der Waals surface area contributed by atoms with Gasteiger partial charge in [0.2, 0.25) is 0 Å². The van der Waals surface area contributed by atoms with Crippen LogP contribution >= 0.6 is 11.6 Å². The highest BCUT2D eigenvalue weighted by atomic mass is 35.5. The second-order valence-corrected chi connectivity index (χ2v) is 5.67. The molecule has 20 heavy (non-hydrogen) atoms. The standard InChI is InChI=1S/C16H20ClN3/c1-9-7-10(2)14(11(3)8-9)20(6)16-12(4)15(17)18-13(5)19-16/h7-8H,1-6H3. The van der Waals surface area contributed by atoms with Gasteiger partial charge in [-0.2, -0.15) is 0 Å². The molecule has 1 aromatic heterocycles. The van der Waals surface area contributed by atoms with E-state index < -0.39 is 0 Å². The van der Waals surface area contributed by atoms with Gasteiger partial charge in [0.05, 0.1) is 0 Å². The lowest BCUT2D eigenvalue weighted by Crippen LogP contribution is -2.16. The summed E-state index contributed by atoms with van der Waals surface area (Å²) in [5, 5.41) is 0.516. The Morgan fingerprint density at radius 2 is 1.50 bits per heavy atom. The molecule has 3 nitrogen and oxygen atoms in total. The number of nitrogens with zero attached hydrogens (tertiary/aromatic N) is 3. The minimum atomic E-state index is 0.516. The molecular weight excluding hydrogens is 270 g/mol. The van der Waals surface area contributed by atoms with Gasteiger partial charge in [-0.1, -0.05) is 29.3 Å². The van der Waals surface area contributed by atoms with Crippen LogP contribution in [0, 0.1) is 34.6 Å². The van der Waals surface area contributed by atoms with E-state index in [1.807, 2.05) is 20.9 Å². The number of hydrogen-bond acceptors (Lipinski definition) is 3. The number of hydrogen-bond donors (Lipinski definition) is 0. The number of rotatable bonds is 2. The van der Waals surface area contributed by atoms with Crippen molar-refractivity contribution in [1.82, 2.24) is 9.97 Å². The highest BCUT2D eigenvalue weighted by molar-refractivity contribution is 6.30. The first kappa shape index (κ1) is 14.8. The zero-order chi connectivity index (χ0) is 15.0. The molecule has 4 heteroatoms. The van der Waals surface area contributed by atoms with Gasteiger partial charge < -0.3 is 4.90 Å². The smallest absolute Gasteiger partial charge is 0.140 e. The van der Waals surface area contributed by atoms with Crippen molar-refractivity contribution in [2.75, 3.05) is 11.9 Å². The van der Waals surface area contributed by atoms with Crippen LogP contribution in [-0.2, 0) is 0 Å². The number of benzene rings is 1. The summed E-state index contributed by atoms with van der Waals surface area (Å²) in [7, 11) is 2.02. The van der Waals surface area contributed by atoms with Crippen LogP contribution in [0.25, 0.3) is 0 Å². The van der Waals surface area contributed by atoms with Crippen molar-refractivity contribution in [3.05, 3.63) is 45.4 Å². The Bertz CT molecular complexity index is 642. The van der Waals surface area contributed by atoms with Gasteiger partial charge in [-0.25, -0.2) is 9.97 Å². The molecule has 0 N–H and O–H groups in total. The van der Waals surface area contributed by atoms with Crippen LogP contribution < -0.4 is 4.90 Å². The van der Waals surface area contributed by atoms with Crippen molar-refractivity contribution in [2.24, 2.45) is 0 Å². The topological polar surface area (TPSA) is 29.0 Å². The van der Waals surface area contributed by atoms with Gasteiger partial charge in [0.25, 0.3) is 0 Å². The first-order valence-electron chi connectivity index (χ1n) is 6.63. The molecule has 0 aliphatic carbocycles. The van der Waals surface area contributed by atoms with Crippen LogP contribution in [0.4, 0.5) is 11.5 Å². The molecule has 0 saturated heterocycles. The molecule has 2 rings (SSSR count). The van der Waals surface area contributed by atoms with E-state index in [0.29, 0.717) is 11.0 Å². The van der Waals surface area contributed by atoms with E-state index in [4.69, 9.17) is 11.6 Å². The van der Waals surface area contributed by atoms with E-state index in [-0.39, 0.29) is 0 Å². The highest BCUT2D eigenvalue weighted by Crippen LogP contribution is 2.33. The molecule has 0 radical (unpaired) electrons. The third-order valence-corrected chi connectivity index (χ3v) is 3.83. The Labute approximate surface area is 125 Å². The molecule has 0 amide bonds. The van der Waals surface area contributed by atoms with Crippen LogP contribution in [0.5, 0.6) is 0 Å². The second-order valence-electron chi connectivity index (χ2n) is 5.32. The molecule has 0 aliphatic rings. The fourth-order valence-corrected chi connectivity index (χ4v) is 2.92. The largest absolute Gasteiger partial charge is 0.329 e. The van der Waals surface area contributed by atoms with E-state index >= 15 is 0 Å². The lowest BCUT2D eigenvalue weighted by Gasteiger charge is -2.25. The zero-order valence-corrected chi connectivity index (χ0v) is 13.6. The molecule has 0 fully saturated rings. The predicted molar refractivity (Wildman–Crippen MR) is 85.2 cm³/mol. The average Bonchev–Trinajstić information content (AvgIpc) is 2.32. The van der Waals surface area contributed by atoms with Crippen molar-refractivity contribution in [2.45, 2.75) is 34.6 Å². The minimum absolute atomic E-state index is 0.516. The first-order chi connectivity index (χ1) is 9.31. The van der Waals surface area contributed by atoms with E-state index in [1.165, 1.54) is 22.4 Å². The summed E-state index contributed by atoms with van der Waals surface area (Å²) in [5.41, 5.74) is 5.81. The molecule has 0 aliphatic heterocycles. The van der Waals surface area contributed by atoms with Crippen LogP contribution in [0.1, 0.15) is 28.1 Å². The fraction of sp³-hybridized carbons (Fsp3) is 0.375. The van der Waals surface area contributed by atoms with Crippen LogP contribution in [0.3, 0.4) is 0 Å². The van der Waals surface area contributed by atoms with Crippen LogP contribution in [0.15, 0.2) is 12.1 Å². The summed E-state index contributed by atoms with van der Waals surface area (Å²) < 4.78 is 0. The maximum absolute atomic E-state index is 6.18. The number of aromatic nitrogens is 2. The third kappa shape index (κ3) is 2.63. The number of aryl methyl sites for hydroxylation is 4. The van der Waals surface area contributed by atoms with E-state index in [1.54, 1.807) is 0 Å². The monoisotopic (exact) mass is 289 g/mol. The molecular formula is C16H20ClN3. The van der Waals surface area contributed by atoms with Gasteiger partial charge in [0, 0.05) is 18.3 Å². The Hall–Kier alpha value is -1.61. The van der Waals surface area contributed by atoms with Gasteiger partial charge in [0.15, 0.2) is 0 Å². The molecule has 1 heterocycles. The number of anilines is 2. The Balaban J connectivity index is 2.60. The van der Waals surface area contributed by atoms with Gasteiger partial charge in [-0.05, 0) is 45.7 Å². The predicted octanol–water partition coefficient (Wildman–Crippen LogP) is 4.44. The molecule has 0 atom stereocenters. The zero-order valence-electron chi connectivity index (χ0n) is 12.9. The molecule has 0 spiro atoms. The first-order valence-corrected chi connectivity index (χ1v) is 7.01. The SMILES string of the molecule is Cc1cc(C)c(N(C)c2nc(C)nc(Cl)c2C)c(C)c1. The molecule has 106 valence electrons. The summed E-state index contributed by atoms with van der Waals surface area (Å²) in [4.78, 5) is 10.8. The summed E-state index contributed by atoms with van der Waals surface area (Å²) in [5.74, 6) is 1.54. The van der Waals surface area contributed by atoms with Crippen molar-refractivity contribution in [3.8, 4) is 0 Å². The molecule has 2 aromatic rings. The van der Waals surface area contributed by atoms with E-state index in [9.17, 15) is 0 Å². The number of halogens is 1. The van der Waals surface area contributed by atoms with Crippen LogP contribution in [0.2, 0.25) is 5.15 Å². The summed E-state index contributed by atoms with van der Waals surface area (Å²) >= 11 is 6.18. The van der Waals surface area contributed by atoms with Gasteiger partial charge in [-0.15, -0.1) is 0 Å². The van der Waals surface area contributed by atoms with E-state index in [0.717, 1.165) is 11.4 Å². The maximum Gasteiger partial charge on any atom is 0.140 e. The van der Waals surface area contributed by atoms with E-state index in [2.05, 4.69) is 47.8 Å². The molecule has 1 aromatic carbocycles. The quantitative estimate of drug-likeness (QED) is 0.765. The van der Waals surface area contributed by atoms with Crippen molar-refractivity contribution in [1.29, 1.82) is 0 Å². The molecule has 0 bridgehead atoms. The summed E-state index contributed by atoms with van der Waals surface area (Å²) in [6.07, 6.45) is 0. The molecule has 0 unspecified atom stereocenters. The van der Waals surface area contributed by atoms with Crippen molar-refractivity contribution in [3.63, 3.8) is 0 Å². The fourth-order valence-electron chi connectivity index (χ4n) is 2.71. The average molecular weight is 290 g/mol. The Kier molecular flexibility index (Phi) is 4.00. The van der Waals surface area contributed by atoms with Gasteiger partial charge in [-0.3, -0.25) is 0 Å². The van der Waals surface area contributed by atoms with Gasteiger partial charge >= 0.3 is 0 Å². The van der Waals surface area contributed by atoms with Crippen LogP contribution in [-0.4, -0.2) is 17.0 Å². The normalized spacial score (nSPS) is 10.8. The lowest BCUT2D eigenvalue weighted by molar-refractivity contribution is 0.985. The van der Waals surface area contributed by atoms with Crippen molar-refractivity contribution < 1.29 is 0 Å². The maximum atomic E-state index is 6.18. The Morgan fingerprint density at radius 1 is 0.950 bits per heavy atom.